The Hall–Kier alpha value is -2.10. The SMILES string of the molecule is CCN(CC)C(=O)c1ccc(/C=C/C(=O)O)cc1. The Morgan fingerprint density at radius 2 is 1.72 bits per heavy atom. The number of nitrogens with zero attached hydrogens (tertiary/aromatic N) is 1. The predicted molar refractivity (Wildman–Crippen MR) is 70.4 cm³/mol. The molecule has 4 nitrogen and oxygen atoms in total. The Balaban J connectivity index is 2.82. The number of hydrogen-bond acceptors (Lipinski definition) is 2. The Bertz CT molecular complexity index is 445. The molecule has 18 heavy (non-hydrogen) atoms. The van der Waals surface area contributed by atoms with Gasteiger partial charge in [0.2, 0.25) is 0 Å². The summed E-state index contributed by atoms with van der Waals surface area (Å²) in [5, 5.41) is 8.51. The first kappa shape index (κ1) is 14.0. The molecule has 0 fully saturated rings. The smallest absolute Gasteiger partial charge is 0.328 e. The van der Waals surface area contributed by atoms with Crippen molar-refractivity contribution in [1.29, 1.82) is 0 Å². The molecule has 1 aromatic rings. The zero-order valence-electron chi connectivity index (χ0n) is 10.6. The molecule has 0 spiro atoms. The van der Waals surface area contributed by atoms with Gasteiger partial charge in [0.25, 0.3) is 5.91 Å². The lowest BCUT2D eigenvalue weighted by atomic mass is 10.1. The van der Waals surface area contributed by atoms with Gasteiger partial charge < -0.3 is 10.0 Å². The van der Waals surface area contributed by atoms with Gasteiger partial charge in [-0.1, -0.05) is 12.1 Å². The minimum absolute atomic E-state index is 0.00577. The van der Waals surface area contributed by atoms with Crippen LogP contribution < -0.4 is 0 Å². The highest BCUT2D eigenvalue weighted by atomic mass is 16.4. The zero-order chi connectivity index (χ0) is 13.5. The lowest BCUT2D eigenvalue weighted by Crippen LogP contribution is -2.30. The summed E-state index contributed by atoms with van der Waals surface area (Å²) >= 11 is 0. The molecular weight excluding hydrogens is 230 g/mol. The van der Waals surface area contributed by atoms with Crippen molar-refractivity contribution in [3.8, 4) is 0 Å². The maximum Gasteiger partial charge on any atom is 0.328 e. The fourth-order valence-electron chi connectivity index (χ4n) is 1.60. The summed E-state index contributed by atoms with van der Waals surface area (Å²) in [6, 6.07) is 6.89. The number of benzene rings is 1. The van der Waals surface area contributed by atoms with Crippen LogP contribution in [-0.2, 0) is 4.79 Å². The standard InChI is InChI=1S/C14H17NO3/c1-3-15(4-2)14(18)12-8-5-11(6-9-12)7-10-13(16)17/h5-10H,3-4H2,1-2H3,(H,16,17)/b10-7+. The van der Waals surface area contributed by atoms with E-state index in [2.05, 4.69) is 0 Å². The van der Waals surface area contributed by atoms with Crippen LogP contribution in [-0.4, -0.2) is 35.0 Å². The lowest BCUT2D eigenvalue weighted by Gasteiger charge is -2.18. The van der Waals surface area contributed by atoms with Gasteiger partial charge in [-0.2, -0.15) is 0 Å². The molecule has 1 amide bonds. The molecule has 0 saturated heterocycles. The third-order valence-corrected chi connectivity index (χ3v) is 2.63. The van der Waals surface area contributed by atoms with Crippen molar-refractivity contribution in [1.82, 2.24) is 4.90 Å². The van der Waals surface area contributed by atoms with Gasteiger partial charge in [0.05, 0.1) is 0 Å². The van der Waals surface area contributed by atoms with E-state index in [4.69, 9.17) is 5.11 Å². The van der Waals surface area contributed by atoms with Gasteiger partial charge in [-0.15, -0.1) is 0 Å². The molecule has 0 aliphatic heterocycles. The largest absolute Gasteiger partial charge is 0.478 e. The van der Waals surface area contributed by atoms with Gasteiger partial charge in [0, 0.05) is 24.7 Å². The van der Waals surface area contributed by atoms with Crippen LogP contribution in [0.15, 0.2) is 30.3 Å². The van der Waals surface area contributed by atoms with Gasteiger partial charge in [0.1, 0.15) is 0 Å². The van der Waals surface area contributed by atoms with Crippen LogP contribution in [0.2, 0.25) is 0 Å². The second-order valence-electron chi connectivity index (χ2n) is 3.77. The van der Waals surface area contributed by atoms with Crippen molar-refractivity contribution < 1.29 is 14.7 Å². The molecule has 0 heterocycles. The maximum absolute atomic E-state index is 12.0. The molecule has 0 radical (unpaired) electrons. The van der Waals surface area contributed by atoms with E-state index in [0.29, 0.717) is 18.7 Å². The molecule has 0 aliphatic rings. The number of carbonyl (C=O) groups is 2. The minimum atomic E-state index is -0.988. The van der Waals surface area contributed by atoms with E-state index in [1.807, 2.05) is 13.8 Å². The number of carbonyl (C=O) groups excluding carboxylic acids is 1. The summed E-state index contributed by atoms with van der Waals surface area (Å²) in [6.07, 6.45) is 2.56. The normalized spacial score (nSPS) is 10.6. The van der Waals surface area contributed by atoms with Crippen molar-refractivity contribution in [3.05, 3.63) is 41.5 Å². The Labute approximate surface area is 107 Å². The first-order valence-corrected chi connectivity index (χ1v) is 5.88. The number of carboxylic acid groups (broad SMARTS) is 1. The van der Waals surface area contributed by atoms with E-state index in [1.54, 1.807) is 29.2 Å². The second kappa shape index (κ2) is 6.59. The summed E-state index contributed by atoms with van der Waals surface area (Å²) in [6.45, 7) is 5.22. The zero-order valence-corrected chi connectivity index (χ0v) is 10.6. The average Bonchev–Trinajstić information content (AvgIpc) is 2.38. The average molecular weight is 247 g/mol. The fourth-order valence-corrected chi connectivity index (χ4v) is 1.60. The van der Waals surface area contributed by atoms with Crippen molar-refractivity contribution in [3.63, 3.8) is 0 Å². The van der Waals surface area contributed by atoms with Crippen LogP contribution in [0.5, 0.6) is 0 Å². The molecule has 96 valence electrons. The monoisotopic (exact) mass is 247 g/mol. The Kier molecular flexibility index (Phi) is 5.11. The van der Waals surface area contributed by atoms with Crippen LogP contribution in [0.3, 0.4) is 0 Å². The van der Waals surface area contributed by atoms with Crippen molar-refractivity contribution >= 4 is 18.0 Å². The fraction of sp³-hybridized carbons (Fsp3) is 0.286. The number of amides is 1. The molecule has 1 N–H and O–H groups in total. The third-order valence-electron chi connectivity index (χ3n) is 2.63. The van der Waals surface area contributed by atoms with Crippen molar-refractivity contribution in [2.45, 2.75) is 13.8 Å². The summed E-state index contributed by atoms with van der Waals surface area (Å²) < 4.78 is 0. The van der Waals surface area contributed by atoms with E-state index >= 15 is 0 Å². The van der Waals surface area contributed by atoms with Gasteiger partial charge in [-0.25, -0.2) is 4.79 Å². The highest BCUT2D eigenvalue weighted by molar-refractivity contribution is 5.94. The molecule has 0 aliphatic carbocycles. The van der Waals surface area contributed by atoms with E-state index in [-0.39, 0.29) is 5.91 Å². The number of hydrogen-bond donors (Lipinski definition) is 1. The van der Waals surface area contributed by atoms with E-state index in [0.717, 1.165) is 11.6 Å². The molecule has 1 rings (SSSR count). The molecule has 0 aromatic heterocycles. The maximum atomic E-state index is 12.0. The first-order chi connectivity index (χ1) is 8.58. The lowest BCUT2D eigenvalue weighted by molar-refractivity contribution is -0.131. The number of rotatable bonds is 5. The highest BCUT2D eigenvalue weighted by Gasteiger charge is 2.11. The van der Waals surface area contributed by atoms with E-state index < -0.39 is 5.97 Å². The van der Waals surface area contributed by atoms with Crippen LogP contribution in [0.4, 0.5) is 0 Å². The van der Waals surface area contributed by atoms with Gasteiger partial charge in [-0.05, 0) is 37.6 Å². The van der Waals surface area contributed by atoms with Gasteiger partial charge in [0.15, 0.2) is 0 Å². The Morgan fingerprint density at radius 1 is 1.17 bits per heavy atom. The summed E-state index contributed by atoms with van der Waals surface area (Å²) in [5.74, 6) is -0.993. The summed E-state index contributed by atoms with van der Waals surface area (Å²) in [4.78, 5) is 24.1. The van der Waals surface area contributed by atoms with Crippen molar-refractivity contribution in [2.75, 3.05) is 13.1 Å². The van der Waals surface area contributed by atoms with Crippen LogP contribution in [0, 0.1) is 0 Å². The molecule has 0 bridgehead atoms. The summed E-state index contributed by atoms with van der Waals surface area (Å²) in [5.41, 5.74) is 1.37. The quantitative estimate of drug-likeness (QED) is 0.812. The molecule has 4 heteroatoms. The minimum Gasteiger partial charge on any atom is -0.478 e. The van der Waals surface area contributed by atoms with E-state index in [9.17, 15) is 9.59 Å². The molecular formula is C14H17NO3. The topological polar surface area (TPSA) is 57.6 Å². The second-order valence-corrected chi connectivity index (χ2v) is 3.77. The number of aliphatic carboxylic acids is 1. The number of carboxylic acids is 1. The van der Waals surface area contributed by atoms with Crippen LogP contribution in [0.25, 0.3) is 6.08 Å². The molecule has 0 atom stereocenters. The molecule has 0 unspecified atom stereocenters. The first-order valence-electron chi connectivity index (χ1n) is 5.88. The predicted octanol–water partition coefficient (Wildman–Crippen LogP) is 2.27. The third kappa shape index (κ3) is 3.73. The van der Waals surface area contributed by atoms with Gasteiger partial charge in [-0.3, -0.25) is 4.79 Å². The summed E-state index contributed by atoms with van der Waals surface area (Å²) in [7, 11) is 0. The molecule has 0 saturated carbocycles. The Morgan fingerprint density at radius 3 is 2.17 bits per heavy atom. The van der Waals surface area contributed by atoms with Crippen LogP contribution in [0.1, 0.15) is 29.8 Å². The van der Waals surface area contributed by atoms with Crippen molar-refractivity contribution in [2.24, 2.45) is 0 Å². The van der Waals surface area contributed by atoms with Gasteiger partial charge >= 0.3 is 5.97 Å². The van der Waals surface area contributed by atoms with Crippen LogP contribution >= 0.6 is 0 Å². The van der Waals surface area contributed by atoms with E-state index in [1.165, 1.54) is 6.08 Å². The molecule has 1 aromatic carbocycles. The highest BCUT2D eigenvalue weighted by Crippen LogP contribution is 2.09.